The fourth-order valence-corrected chi connectivity index (χ4v) is 4.03. The van der Waals surface area contributed by atoms with Gasteiger partial charge < -0.3 is 9.80 Å². The van der Waals surface area contributed by atoms with E-state index in [4.69, 9.17) is 0 Å². The molecule has 0 radical (unpaired) electrons. The normalized spacial score (nSPS) is 11.0. The number of hydrogen-bond donors (Lipinski definition) is 0. The minimum Gasteiger partial charge on any atom is -0.333 e. The number of amides is 2. The van der Waals surface area contributed by atoms with Crippen molar-refractivity contribution < 1.29 is 14.0 Å². The van der Waals surface area contributed by atoms with Gasteiger partial charge in [-0.25, -0.2) is 4.39 Å². The number of benzene rings is 1. The molecule has 0 atom stereocenters. The first-order valence-corrected chi connectivity index (χ1v) is 11.0. The molecule has 2 aromatic rings. The van der Waals surface area contributed by atoms with E-state index in [-0.39, 0.29) is 30.1 Å². The summed E-state index contributed by atoms with van der Waals surface area (Å²) in [5.74, 6) is -0.0847. The quantitative estimate of drug-likeness (QED) is 0.544. The Morgan fingerprint density at radius 2 is 1.72 bits per heavy atom. The molecule has 0 bridgehead atoms. The van der Waals surface area contributed by atoms with Crippen molar-refractivity contribution in [3.8, 4) is 0 Å². The van der Waals surface area contributed by atoms with Gasteiger partial charge in [-0.3, -0.25) is 9.59 Å². The molecule has 158 valence electrons. The van der Waals surface area contributed by atoms with Crippen molar-refractivity contribution in [2.75, 3.05) is 13.1 Å². The Morgan fingerprint density at radius 1 is 1.03 bits per heavy atom. The number of thiophene rings is 1. The van der Waals surface area contributed by atoms with E-state index in [1.807, 2.05) is 39.1 Å². The zero-order chi connectivity index (χ0) is 21.4. The average molecular weight is 419 g/mol. The summed E-state index contributed by atoms with van der Waals surface area (Å²) >= 11 is 1.62. The Morgan fingerprint density at radius 3 is 2.28 bits per heavy atom. The van der Waals surface area contributed by atoms with Gasteiger partial charge in [-0.15, -0.1) is 11.3 Å². The predicted octanol–water partition coefficient (Wildman–Crippen LogP) is 5.01. The maximum absolute atomic E-state index is 13.3. The molecule has 0 aliphatic heterocycles. The van der Waals surface area contributed by atoms with Gasteiger partial charge in [0.25, 0.3) is 0 Å². The van der Waals surface area contributed by atoms with Crippen molar-refractivity contribution in [1.29, 1.82) is 0 Å². The molecule has 1 heterocycles. The Balaban J connectivity index is 2.20. The summed E-state index contributed by atoms with van der Waals surface area (Å²) in [5, 5.41) is 2.01. The molecular formula is C23H31FN2O2S. The lowest BCUT2D eigenvalue weighted by atomic mass is 10.1. The molecule has 6 heteroatoms. The zero-order valence-corrected chi connectivity index (χ0v) is 18.6. The van der Waals surface area contributed by atoms with E-state index in [2.05, 4.69) is 0 Å². The summed E-state index contributed by atoms with van der Waals surface area (Å²) in [6.07, 6.45) is 1.21. The van der Waals surface area contributed by atoms with E-state index in [0.29, 0.717) is 26.1 Å². The highest BCUT2D eigenvalue weighted by molar-refractivity contribution is 7.10. The minimum absolute atomic E-state index is 0.0172. The summed E-state index contributed by atoms with van der Waals surface area (Å²) < 4.78 is 13.3. The van der Waals surface area contributed by atoms with Crippen molar-refractivity contribution in [3.05, 3.63) is 57.5 Å². The number of carbonyl (C=O) groups is 2. The summed E-state index contributed by atoms with van der Waals surface area (Å²) in [5.41, 5.74) is 2.01. The topological polar surface area (TPSA) is 40.6 Å². The molecule has 0 spiro atoms. The second kappa shape index (κ2) is 11.1. The van der Waals surface area contributed by atoms with Gasteiger partial charge >= 0.3 is 0 Å². The number of rotatable bonds is 10. The van der Waals surface area contributed by atoms with Gasteiger partial charge in [0.05, 0.1) is 13.1 Å². The molecule has 1 aromatic heterocycles. The molecule has 0 fully saturated rings. The van der Waals surface area contributed by atoms with Gasteiger partial charge in [0.1, 0.15) is 5.82 Å². The molecule has 4 nitrogen and oxygen atoms in total. The van der Waals surface area contributed by atoms with Crippen molar-refractivity contribution >= 4 is 23.2 Å². The SMILES string of the molecule is CCCC(=O)N(CC(=O)N(Cc1ccc(F)cc1)Cc1sccc1C)CC(C)C. The molecule has 0 saturated heterocycles. The van der Waals surface area contributed by atoms with Crippen LogP contribution >= 0.6 is 11.3 Å². The largest absolute Gasteiger partial charge is 0.333 e. The molecule has 0 N–H and O–H groups in total. The van der Waals surface area contributed by atoms with Gasteiger partial charge in [0, 0.05) is 24.4 Å². The fourth-order valence-electron chi connectivity index (χ4n) is 3.11. The van der Waals surface area contributed by atoms with E-state index < -0.39 is 0 Å². The number of nitrogens with zero attached hydrogens (tertiary/aromatic N) is 2. The standard InChI is InChI=1S/C23H31FN2O2S/c1-5-6-22(27)25(13-17(2)3)16-23(28)26(15-21-18(4)11-12-29-21)14-19-7-9-20(24)10-8-19/h7-12,17H,5-6,13-16H2,1-4H3. The van der Waals surface area contributed by atoms with Crippen LogP contribution < -0.4 is 0 Å². The number of hydrogen-bond acceptors (Lipinski definition) is 3. The molecule has 0 aliphatic rings. The van der Waals surface area contributed by atoms with Crippen LogP contribution in [0.3, 0.4) is 0 Å². The first-order chi connectivity index (χ1) is 13.8. The van der Waals surface area contributed by atoms with Crippen molar-refractivity contribution in [2.24, 2.45) is 5.92 Å². The summed E-state index contributed by atoms with van der Waals surface area (Å²) in [4.78, 5) is 30.3. The second-order valence-corrected chi connectivity index (χ2v) is 8.82. The van der Waals surface area contributed by atoms with Gasteiger partial charge in [0.2, 0.25) is 11.8 Å². The smallest absolute Gasteiger partial charge is 0.242 e. The number of halogens is 1. The maximum Gasteiger partial charge on any atom is 0.242 e. The van der Waals surface area contributed by atoms with Crippen LogP contribution in [0.4, 0.5) is 4.39 Å². The summed E-state index contributed by atoms with van der Waals surface area (Å²) in [7, 11) is 0. The van der Waals surface area contributed by atoms with E-state index in [1.165, 1.54) is 12.1 Å². The van der Waals surface area contributed by atoms with Gasteiger partial charge in [-0.2, -0.15) is 0 Å². The fraction of sp³-hybridized carbons (Fsp3) is 0.478. The average Bonchev–Trinajstić information content (AvgIpc) is 3.06. The Labute approximate surface area is 177 Å². The highest BCUT2D eigenvalue weighted by Gasteiger charge is 2.22. The minimum atomic E-state index is -0.297. The zero-order valence-electron chi connectivity index (χ0n) is 17.8. The van der Waals surface area contributed by atoms with Crippen LogP contribution in [0.5, 0.6) is 0 Å². The lowest BCUT2D eigenvalue weighted by Crippen LogP contribution is -2.43. The highest BCUT2D eigenvalue weighted by Crippen LogP contribution is 2.20. The van der Waals surface area contributed by atoms with E-state index in [1.54, 1.807) is 33.3 Å². The Bertz CT molecular complexity index is 801. The molecule has 0 aliphatic carbocycles. The van der Waals surface area contributed by atoms with Crippen molar-refractivity contribution in [3.63, 3.8) is 0 Å². The molecule has 1 aromatic carbocycles. The van der Waals surface area contributed by atoms with Crippen LogP contribution in [-0.2, 0) is 22.7 Å². The number of aryl methyl sites for hydroxylation is 1. The third-order valence-corrected chi connectivity index (χ3v) is 5.68. The third kappa shape index (κ3) is 7.28. The summed E-state index contributed by atoms with van der Waals surface area (Å²) in [6, 6.07) is 8.25. The van der Waals surface area contributed by atoms with Crippen LogP contribution in [0.2, 0.25) is 0 Å². The highest BCUT2D eigenvalue weighted by atomic mass is 32.1. The molecule has 2 rings (SSSR count). The van der Waals surface area contributed by atoms with E-state index >= 15 is 0 Å². The number of carbonyl (C=O) groups excluding carboxylic acids is 2. The summed E-state index contributed by atoms with van der Waals surface area (Å²) in [6.45, 7) is 9.58. The van der Waals surface area contributed by atoms with E-state index in [9.17, 15) is 14.0 Å². The second-order valence-electron chi connectivity index (χ2n) is 7.82. The molecular weight excluding hydrogens is 387 g/mol. The predicted molar refractivity (Wildman–Crippen MR) is 116 cm³/mol. The van der Waals surface area contributed by atoms with E-state index in [0.717, 1.165) is 22.4 Å². The monoisotopic (exact) mass is 418 g/mol. The maximum atomic E-state index is 13.3. The van der Waals surface area contributed by atoms with Crippen molar-refractivity contribution in [1.82, 2.24) is 9.80 Å². The van der Waals surface area contributed by atoms with Gasteiger partial charge in [-0.1, -0.05) is 32.9 Å². The third-order valence-electron chi connectivity index (χ3n) is 4.67. The van der Waals surface area contributed by atoms with Gasteiger partial charge in [0.15, 0.2) is 0 Å². The van der Waals surface area contributed by atoms with Crippen LogP contribution in [0.25, 0.3) is 0 Å². The van der Waals surface area contributed by atoms with Crippen molar-refractivity contribution in [2.45, 2.75) is 53.6 Å². The first kappa shape index (κ1) is 23.1. The first-order valence-electron chi connectivity index (χ1n) is 10.1. The lowest BCUT2D eigenvalue weighted by Gasteiger charge is -2.29. The van der Waals surface area contributed by atoms with Crippen LogP contribution in [0.15, 0.2) is 35.7 Å². The molecule has 0 unspecified atom stereocenters. The molecule has 2 amide bonds. The van der Waals surface area contributed by atoms with Crippen LogP contribution in [-0.4, -0.2) is 34.7 Å². The molecule has 0 saturated carbocycles. The van der Waals surface area contributed by atoms with Crippen LogP contribution in [0.1, 0.15) is 49.6 Å². The van der Waals surface area contributed by atoms with Crippen LogP contribution in [0, 0.1) is 18.7 Å². The van der Waals surface area contributed by atoms with Gasteiger partial charge in [-0.05, 0) is 54.0 Å². The Hall–Kier alpha value is -2.21. The Kier molecular flexibility index (Phi) is 8.83. The lowest BCUT2D eigenvalue weighted by molar-refractivity contribution is -0.141. The molecule has 29 heavy (non-hydrogen) atoms.